The molecule has 3 N–H and O–H groups in total. The zero-order valence-electron chi connectivity index (χ0n) is 27.6. The van der Waals surface area contributed by atoms with Gasteiger partial charge in [-0.3, -0.25) is 18.7 Å². The Bertz CT molecular complexity index is 2770. The number of nitrogens with zero attached hydrogens (tertiary/aromatic N) is 3. The minimum atomic E-state index is -5.46. The van der Waals surface area contributed by atoms with E-state index in [0.29, 0.717) is 18.2 Å². The molecule has 0 radical (unpaired) electrons. The van der Waals surface area contributed by atoms with Crippen LogP contribution in [0.3, 0.4) is 0 Å². The van der Waals surface area contributed by atoms with Crippen LogP contribution in [0.25, 0.3) is 21.5 Å². The van der Waals surface area contributed by atoms with Gasteiger partial charge in [0.25, 0.3) is 30.4 Å². The van der Waals surface area contributed by atoms with Crippen molar-refractivity contribution in [2.24, 2.45) is 15.2 Å². The molecule has 256 valence electrons. The first-order chi connectivity index (χ1) is 22.6. The summed E-state index contributed by atoms with van der Waals surface area (Å²) in [4.78, 5) is -0.723. The molecule has 0 fully saturated rings. The molecule has 0 heterocycles. The van der Waals surface area contributed by atoms with Crippen LogP contribution in [0.2, 0.25) is 0 Å². The molecule has 5 aromatic rings. The Morgan fingerprint density at radius 2 is 1.23 bits per heavy atom. The summed E-state index contributed by atoms with van der Waals surface area (Å²) in [6.07, 6.45) is 0. The maximum Gasteiger partial charge on any atom is 1.00 e. The van der Waals surface area contributed by atoms with Gasteiger partial charge in [0.05, 0.1) is 16.3 Å². The predicted molar refractivity (Wildman–Crippen MR) is 161 cm³/mol. The van der Waals surface area contributed by atoms with Crippen molar-refractivity contribution in [2.75, 3.05) is 0 Å². The van der Waals surface area contributed by atoms with Crippen LogP contribution in [-0.2, 0) is 40.5 Å². The van der Waals surface area contributed by atoms with E-state index in [0.717, 1.165) is 42.5 Å². The molecule has 0 atom stereocenters. The van der Waals surface area contributed by atoms with Crippen molar-refractivity contribution in [3.05, 3.63) is 78.4 Å². The van der Waals surface area contributed by atoms with Gasteiger partial charge in [0.1, 0.15) is 30.5 Å². The first-order valence-corrected chi connectivity index (χ1v) is 18.5. The Morgan fingerprint density at radius 1 is 0.623 bits per heavy atom. The van der Waals surface area contributed by atoms with Crippen LogP contribution in [0.5, 0.6) is 11.5 Å². The van der Waals surface area contributed by atoms with Crippen molar-refractivity contribution < 1.29 is 185 Å². The number of aliphatic imine (C=N–C) groups is 1. The van der Waals surface area contributed by atoms with Crippen LogP contribution >= 0.6 is 0 Å². The molecule has 18 nitrogen and oxygen atoms in total. The third-order valence-electron chi connectivity index (χ3n) is 6.73. The Kier molecular flexibility index (Phi) is 17.4. The van der Waals surface area contributed by atoms with Crippen molar-refractivity contribution in [1.82, 2.24) is 0 Å². The molecular formula is C27H15N3Na4O15S4. The van der Waals surface area contributed by atoms with Crippen LogP contribution in [0.15, 0.2) is 108 Å². The number of benzene rings is 5. The molecule has 0 spiro atoms. The molecule has 0 aromatic heterocycles. The second kappa shape index (κ2) is 18.5. The molecule has 0 aliphatic rings. The van der Waals surface area contributed by atoms with E-state index in [-0.39, 0.29) is 118 Å². The van der Waals surface area contributed by atoms with E-state index >= 15 is 0 Å². The largest absolute Gasteiger partial charge is 1.00 e. The third-order valence-corrected chi connectivity index (χ3v) is 10.3. The summed E-state index contributed by atoms with van der Waals surface area (Å²) in [7, 11) is -21.1. The fourth-order valence-corrected chi connectivity index (χ4v) is 7.44. The van der Waals surface area contributed by atoms with Gasteiger partial charge in [-0.15, -0.1) is 16.0 Å². The zero-order chi connectivity index (χ0) is 36.3. The van der Waals surface area contributed by atoms with E-state index in [1.165, 1.54) is 12.1 Å². The van der Waals surface area contributed by atoms with Crippen LogP contribution < -0.4 is 134 Å². The molecule has 0 saturated carbocycles. The van der Waals surface area contributed by atoms with Crippen molar-refractivity contribution in [2.45, 2.75) is 19.6 Å². The van der Waals surface area contributed by atoms with Gasteiger partial charge >= 0.3 is 118 Å². The Hall–Kier alpha value is -1.07. The first kappa shape index (κ1) is 49.9. The SMILES string of the molecule is O=S(=O)([O-])c1cc(N=C([O-])c2ccccc2[O-])c2c([O-])c(N=Nc3ccc4c(S(=O)(=O)O)cccc4c3S(=O)(=O)O)c(S(=O)(=O)O)cc2c1.[Na+].[Na+].[Na+].[Na+]. The quantitative estimate of drug-likeness (QED) is 0.0429. The molecule has 26 heteroatoms. The number of hydrogen-bond donors (Lipinski definition) is 3. The zero-order valence-corrected chi connectivity index (χ0v) is 38.9. The van der Waals surface area contributed by atoms with Crippen molar-refractivity contribution >= 4 is 85.0 Å². The fourth-order valence-electron chi connectivity index (χ4n) is 4.73. The van der Waals surface area contributed by atoms with E-state index < -0.39 is 122 Å². The van der Waals surface area contributed by atoms with Crippen LogP contribution in [0, 0.1) is 0 Å². The van der Waals surface area contributed by atoms with Gasteiger partial charge in [-0.05, 0) is 47.2 Å². The smallest absolute Gasteiger partial charge is 0.872 e. The van der Waals surface area contributed by atoms with E-state index in [9.17, 15) is 67.2 Å². The molecule has 0 aliphatic heterocycles. The van der Waals surface area contributed by atoms with Gasteiger partial charge in [0.2, 0.25) is 0 Å². The maximum absolute atomic E-state index is 13.8. The van der Waals surface area contributed by atoms with Crippen molar-refractivity contribution in [1.29, 1.82) is 0 Å². The van der Waals surface area contributed by atoms with E-state index in [2.05, 4.69) is 15.2 Å². The molecule has 53 heavy (non-hydrogen) atoms. The van der Waals surface area contributed by atoms with Gasteiger partial charge < -0.3 is 19.9 Å². The van der Waals surface area contributed by atoms with Gasteiger partial charge in [-0.2, -0.15) is 25.3 Å². The maximum atomic E-state index is 13.8. The molecule has 0 aliphatic carbocycles. The van der Waals surface area contributed by atoms with Crippen LogP contribution in [0.4, 0.5) is 17.1 Å². The summed E-state index contributed by atoms with van der Waals surface area (Å²) >= 11 is 0. The summed E-state index contributed by atoms with van der Waals surface area (Å²) in [5, 5.41) is 43.5. The topological polar surface area (TPSA) is 327 Å². The number of hydrogen-bond acceptors (Lipinski definition) is 15. The molecule has 0 bridgehead atoms. The van der Waals surface area contributed by atoms with E-state index in [1.807, 2.05) is 0 Å². The normalized spacial score (nSPS) is 12.4. The summed E-state index contributed by atoms with van der Waals surface area (Å²) < 4.78 is 138. The Morgan fingerprint density at radius 3 is 1.77 bits per heavy atom. The van der Waals surface area contributed by atoms with Crippen molar-refractivity contribution in [3.8, 4) is 11.5 Å². The van der Waals surface area contributed by atoms with Crippen LogP contribution in [0.1, 0.15) is 5.56 Å². The van der Waals surface area contributed by atoms with Gasteiger partial charge in [0.15, 0.2) is 0 Å². The minimum Gasteiger partial charge on any atom is -0.872 e. The summed E-state index contributed by atoms with van der Waals surface area (Å²) in [6.45, 7) is 0. The minimum absolute atomic E-state index is 0. The predicted octanol–water partition coefficient (Wildman–Crippen LogP) is -10.3. The first-order valence-electron chi connectivity index (χ1n) is 12.8. The molecule has 0 unspecified atom stereocenters. The second-order valence-corrected chi connectivity index (χ2v) is 15.4. The van der Waals surface area contributed by atoms with Gasteiger partial charge in [0, 0.05) is 16.2 Å². The number of fused-ring (bicyclic) bond motifs is 2. The Balaban J connectivity index is 0.00000351. The monoisotopic (exact) mass is 841 g/mol. The number of para-hydroxylation sites is 1. The van der Waals surface area contributed by atoms with Crippen molar-refractivity contribution in [3.63, 3.8) is 0 Å². The Labute approximate surface area is 389 Å². The fraction of sp³-hybridized carbons (Fsp3) is 0. The summed E-state index contributed by atoms with van der Waals surface area (Å²) in [5.41, 5.74) is -3.48. The number of rotatable bonds is 8. The summed E-state index contributed by atoms with van der Waals surface area (Å²) in [5.74, 6) is -3.66. The van der Waals surface area contributed by atoms with E-state index in [1.54, 1.807) is 0 Å². The summed E-state index contributed by atoms with van der Waals surface area (Å²) in [6, 6.07) is 10.7. The molecular weight excluding hydrogens is 827 g/mol. The van der Waals surface area contributed by atoms with Gasteiger partial charge in [-0.1, -0.05) is 48.2 Å². The van der Waals surface area contributed by atoms with E-state index in [4.69, 9.17) is 0 Å². The molecule has 5 aromatic carbocycles. The average Bonchev–Trinajstić information content (AvgIpc) is 2.97. The van der Waals surface area contributed by atoms with Crippen LogP contribution in [-0.4, -0.2) is 57.8 Å². The average molecular weight is 842 g/mol. The molecule has 0 amide bonds. The second-order valence-electron chi connectivity index (χ2n) is 9.85. The standard InChI is InChI=1S/C27H19N3O15S4.4Na/c31-20-6-2-1-4-17(20)27(33)28-19-12-14(46(34,35)36)10-13-11-22(48(40,41)42)24(25(32)23(13)19)30-29-18-9-8-15-16(26(18)49(43,44)45)5-3-7-21(15)47(37,38)39;;;;/h1-12,31-32H,(H,28,33)(H,34,35,36)(H,37,38,39)(H,40,41,42)(H,43,44,45);;;;/q;4*+1/p-4. The molecule has 5 rings (SSSR count). The van der Waals surface area contributed by atoms with Gasteiger partial charge in [-0.25, -0.2) is 8.42 Å². The number of azo groups is 1. The molecule has 0 saturated heterocycles. The third kappa shape index (κ3) is 10.9.